The van der Waals surface area contributed by atoms with Gasteiger partial charge in [0.1, 0.15) is 5.82 Å². The average Bonchev–Trinajstić information content (AvgIpc) is 2.48. The molecule has 0 aliphatic carbocycles. The summed E-state index contributed by atoms with van der Waals surface area (Å²) < 4.78 is 0. The van der Waals surface area contributed by atoms with Gasteiger partial charge in [-0.3, -0.25) is 4.79 Å². The van der Waals surface area contributed by atoms with Crippen LogP contribution in [0.3, 0.4) is 0 Å². The largest absolute Gasteiger partial charge is 0.373 e. The normalized spacial score (nSPS) is 16.4. The maximum Gasteiger partial charge on any atom is 0.255 e. The molecule has 0 unspecified atom stereocenters. The van der Waals surface area contributed by atoms with Gasteiger partial charge in [0, 0.05) is 26.3 Å². The number of pyridine rings is 1. The summed E-state index contributed by atoms with van der Waals surface area (Å²) >= 11 is 0. The van der Waals surface area contributed by atoms with Crippen LogP contribution in [0.4, 0.5) is 5.82 Å². The van der Waals surface area contributed by atoms with Crippen molar-refractivity contribution in [3.05, 3.63) is 23.9 Å². The molecular formula is C15H23N3O. The van der Waals surface area contributed by atoms with Gasteiger partial charge in [0.25, 0.3) is 5.91 Å². The van der Waals surface area contributed by atoms with Crippen LogP contribution in [-0.2, 0) is 0 Å². The van der Waals surface area contributed by atoms with Crippen molar-refractivity contribution in [2.45, 2.75) is 32.6 Å². The van der Waals surface area contributed by atoms with Crippen LogP contribution in [-0.4, -0.2) is 35.9 Å². The third-order valence-electron chi connectivity index (χ3n) is 3.87. The fourth-order valence-electron chi connectivity index (χ4n) is 2.68. The molecule has 1 aliphatic rings. The Kier molecular flexibility index (Phi) is 4.77. The molecule has 1 aromatic rings. The van der Waals surface area contributed by atoms with Crippen LogP contribution in [0.2, 0.25) is 0 Å². The fourth-order valence-corrected chi connectivity index (χ4v) is 2.68. The summed E-state index contributed by atoms with van der Waals surface area (Å²) in [7, 11) is 1.82. The molecule has 1 N–H and O–H groups in total. The minimum absolute atomic E-state index is 0.116. The number of aromatic nitrogens is 1. The highest BCUT2D eigenvalue weighted by atomic mass is 16.2. The lowest BCUT2D eigenvalue weighted by molar-refractivity contribution is 0.0686. The molecule has 0 bridgehead atoms. The van der Waals surface area contributed by atoms with Gasteiger partial charge in [0.05, 0.1) is 5.56 Å². The molecule has 1 saturated heterocycles. The maximum atomic E-state index is 12.3. The molecule has 2 rings (SSSR count). The van der Waals surface area contributed by atoms with Crippen molar-refractivity contribution in [3.63, 3.8) is 0 Å². The first-order valence-electron chi connectivity index (χ1n) is 7.17. The molecule has 0 saturated carbocycles. The van der Waals surface area contributed by atoms with E-state index in [1.807, 2.05) is 24.1 Å². The number of carbonyl (C=O) groups is 1. The lowest BCUT2D eigenvalue weighted by Crippen LogP contribution is -2.38. The molecule has 0 spiro atoms. The summed E-state index contributed by atoms with van der Waals surface area (Å²) in [4.78, 5) is 18.5. The molecule has 4 heteroatoms. The number of nitrogens with one attached hydrogen (secondary N) is 1. The fraction of sp³-hybridized carbons (Fsp3) is 0.600. The molecule has 1 aromatic heterocycles. The van der Waals surface area contributed by atoms with Gasteiger partial charge in [-0.1, -0.05) is 19.8 Å². The smallest absolute Gasteiger partial charge is 0.255 e. The van der Waals surface area contributed by atoms with Crippen LogP contribution < -0.4 is 5.32 Å². The van der Waals surface area contributed by atoms with Crippen molar-refractivity contribution in [2.75, 3.05) is 25.5 Å². The van der Waals surface area contributed by atoms with E-state index in [4.69, 9.17) is 0 Å². The molecule has 1 amide bonds. The molecule has 1 aliphatic heterocycles. The van der Waals surface area contributed by atoms with E-state index in [0.29, 0.717) is 5.56 Å². The Morgan fingerprint density at radius 3 is 2.68 bits per heavy atom. The van der Waals surface area contributed by atoms with Crippen LogP contribution in [0.25, 0.3) is 0 Å². The minimum atomic E-state index is 0.116. The van der Waals surface area contributed by atoms with Crippen molar-refractivity contribution in [1.82, 2.24) is 9.88 Å². The molecule has 0 radical (unpaired) electrons. The predicted molar refractivity (Wildman–Crippen MR) is 77.3 cm³/mol. The first kappa shape index (κ1) is 13.8. The number of amides is 1. The van der Waals surface area contributed by atoms with E-state index in [0.717, 1.165) is 37.7 Å². The Hall–Kier alpha value is -1.58. The van der Waals surface area contributed by atoms with Crippen molar-refractivity contribution in [3.8, 4) is 0 Å². The second-order valence-corrected chi connectivity index (χ2v) is 5.21. The Balaban J connectivity index is 1.93. The van der Waals surface area contributed by atoms with Gasteiger partial charge in [-0.05, 0) is 30.9 Å². The first-order valence-corrected chi connectivity index (χ1v) is 7.17. The number of hydrogen-bond acceptors (Lipinski definition) is 3. The second kappa shape index (κ2) is 6.55. The number of anilines is 1. The summed E-state index contributed by atoms with van der Waals surface area (Å²) in [6.07, 6.45) is 6.48. The monoisotopic (exact) mass is 261 g/mol. The number of piperidine rings is 1. The van der Waals surface area contributed by atoms with Gasteiger partial charge in [-0.15, -0.1) is 0 Å². The van der Waals surface area contributed by atoms with Gasteiger partial charge in [0.15, 0.2) is 0 Å². The van der Waals surface area contributed by atoms with Crippen molar-refractivity contribution < 1.29 is 4.79 Å². The van der Waals surface area contributed by atoms with Gasteiger partial charge in [0.2, 0.25) is 0 Å². The lowest BCUT2D eigenvalue weighted by Gasteiger charge is -2.32. The summed E-state index contributed by atoms with van der Waals surface area (Å²) in [5, 5.41) is 2.96. The van der Waals surface area contributed by atoms with Crippen molar-refractivity contribution in [2.24, 2.45) is 5.92 Å². The molecule has 0 aromatic carbocycles. The number of nitrogens with zero attached hydrogens (tertiary/aromatic N) is 2. The van der Waals surface area contributed by atoms with Gasteiger partial charge in [-0.2, -0.15) is 0 Å². The van der Waals surface area contributed by atoms with E-state index in [2.05, 4.69) is 17.2 Å². The van der Waals surface area contributed by atoms with Crippen molar-refractivity contribution in [1.29, 1.82) is 0 Å². The maximum absolute atomic E-state index is 12.3. The summed E-state index contributed by atoms with van der Waals surface area (Å²) in [6, 6.07) is 3.69. The van der Waals surface area contributed by atoms with Crippen molar-refractivity contribution >= 4 is 11.7 Å². The standard InChI is InChI=1S/C15H23N3O/c1-3-4-12-7-9-18(10-8-12)15(19)13-5-6-14(16-2)17-11-13/h5-6,11-12H,3-4,7-10H2,1-2H3,(H,16,17). The Morgan fingerprint density at radius 2 is 2.16 bits per heavy atom. The first-order chi connectivity index (χ1) is 9.24. The van der Waals surface area contributed by atoms with Gasteiger partial charge >= 0.3 is 0 Å². The highest BCUT2D eigenvalue weighted by molar-refractivity contribution is 5.94. The Bertz CT molecular complexity index is 408. The van der Waals surface area contributed by atoms with Crippen LogP contribution in [0.5, 0.6) is 0 Å². The summed E-state index contributed by atoms with van der Waals surface area (Å²) in [6.45, 7) is 4.00. The summed E-state index contributed by atoms with van der Waals surface area (Å²) in [5.74, 6) is 1.71. The van der Waals surface area contributed by atoms with Gasteiger partial charge in [-0.25, -0.2) is 4.98 Å². The van der Waals surface area contributed by atoms with Crippen LogP contribution in [0, 0.1) is 5.92 Å². The molecule has 0 atom stereocenters. The highest BCUT2D eigenvalue weighted by Crippen LogP contribution is 2.22. The lowest BCUT2D eigenvalue weighted by atomic mass is 9.92. The highest BCUT2D eigenvalue weighted by Gasteiger charge is 2.23. The topological polar surface area (TPSA) is 45.2 Å². The van der Waals surface area contributed by atoms with Crippen LogP contribution in [0.15, 0.2) is 18.3 Å². The SMILES string of the molecule is CCCC1CCN(C(=O)c2ccc(NC)nc2)CC1. The zero-order valence-corrected chi connectivity index (χ0v) is 11.9. The molecule has 104 valence electrons. The van der Waals surface area contributed by atoms with E-state index >= 15 is 0 Å². The van der Waals surface area contributed by atoms with E-state index in [1.54, 1.807) is 6.20 Å². The zero-order valence-electron chi connectivity index (χ0n) is 11.9. The quantitative estimate of drug-likeness (QED) is 0.906. The van der Waals surface area contributed by atoms with E-state index < -0.39 is 0 Å². The Morgan fingerprint density at radius 1 is 1.42 bits per heavy atom. The molecule has 2 heterocycles. The van der Waals surface area contributed by atoms with E-state index in [1.165, 1.54) is 12.8 Å². The molecule has 4 nitrogen and oxygen atoms in total. The van der Waals surface area contributed by atoms with Crippen LogP contribution >= 0.6 is 0 Å². The number of rotatable bonds is 4. The zero-order chi connectivity index (χ0) is 13.7. The number of hydrogen-bond donors (Lipinski definition) is 1. The average molecular weight is 261 g/mol. The third kappa shape index (κ3) is 3.46. The molecular weight excluding hydrogens is 238 g/mol. The Labute approximate surface area is 115 Å². The third-order valence-corrected chi connectivity index (χ3v) is 3.87. The number of likely N-dealkylation sites (tertiary alicyclic amines) is 1. The van der Waals surface area contributed by atoms with E-state index in [9.17, 15) is 4.79 Å². The minimum Gasteiger partial charge on any atom is -0.373 e. The predicted octanol–water partition coefficient (Wildman–Crippen LogP) is 2.78. The van der Waals surface area contributed by atoms with Crippen LogP contribution in [0.1, 0.15) is 43.0 Å². The van der Waals surface area contributed by atoms with Gasteiger partial charge < -0.3 is 10.2 Å². The summed E-state index contributed by atoms with van der Waals surface area (Å²) in [5.41, 5.74) is 0.688. The molecule has 19 heavy (non-hydrogen) atoms. The number of carbonyl (C=O) groups excluding carboxylic acids is 1. The second-order valence-electron chi connectivity index (χ2n) is 5.21. The van der Waals surface area contributed by atoms with E-state index in [-0.39, 0.29) is 5.91 Å². The molecule has 1 fully saturated rings.